The van der Waals surface area contributed by atoms with Gasteiger partial charge in [0.15, 0.2) is 0 Å². The number of nitrogens with zero attached hydrogens (tertiary/aromatic N) is 2. The van der Waals surface area contributed by atoms with Crippen molar-refractivity contribution in [2.45, 2.75) is 25.5 Å². The van der Waals surface area contributed by atoms with Crippen LogP contribution in [0.15, 0.2) is 16.0 Å². The third kappa shape index (κ3) is 3.36. The Kier molecular flexibility index (Phi) is 3.33. The summed E-state index contributed by atoms with van der Waals surface area (Å²) in [4.78, 5) is 4.01. The standard InChI is InChI=1S/C8H12N2OS2/c1-8(2,3)13(11)10-6-7-9-4-5-12-7/h4-6H,1-3H3/b10-6+/t13-/m1/s1. The van der Waals surface area contributed by atoms with Crippen LogP contribution in [-0.4, -0.2) is 20.2 Å². The van der Waals surface area contributed by atoms with Crippen molar-refractivity contribution >= 4 is 28.5 Å². The first kappa shape index (κ1) is 10.5. The molecule has 0 spiro atoms. The summed E-state index contributed by atoms with van der Waals surface area (Å²) in [5.41, 5.74) is 0. The van der Waals surface area contributed by atoms with Gasteiger partial charge < -0.3 is 0 Å². The highest BCUT2D eigenvalue weighted by atomic mass is 32.2. The van der Waals surface area contributed by atoms with E-state index in [1.807, 2.05) is 26.2 Å². The van der Waals surface area contributed by atoms with E-state index in [0.29, 0.717) is 0 Å². The maximum absolute atomic E-state index is 11.4. The van der Waals surface area contributed by atoms with Gasteiger partial charge in [0.05, 0.1) is 11.0 Å². The molecule has 0 aliphatic rings. The van der Waals surface area contributed by atoms with E-state index < -0.39 is 11.0 Å². The van der Waals surface area contributed by atoms with Crippen LogP contribution in [0.25, 0.3) is 0 Å². The van der Waals surface area contributed by atoms with Crippen molar-refractivity contribution < 1.29 is 4.21 Å². The topological polar surface area (TPSA) is 42.3 Å². The highest BCUT2D eigenvalue weighted by Crippen LogP contribution is 2.12. The summed E-state index contributed by atoms with van der Waals surface area (Å²) in [6, 6.07) is 0. The van der Waals surface area contributed by atoms with Crippen LogP contribution in [0.1, 0.15) is 25.8 Å². The van der Waals surface area contributed by atoms with E-state index in [4.69, 9.17) is 0 Å². The van der Waals surface area contributed by atoms with Gasteiger partial charge in [0.1, 0.15) is 16.0 Å². The molecule has 0 aliphatic carbocycles. The Hall–Kier alpha value is -0.550. The van der Waals surface area contributed by atoms with Crippen molar-refractivity contribution in [1.82, 2.24) is 4.98 Å². The molecule has 1 atom stereocenters. The van der Waals surface area contributed by atoms with Crippen LogP contribution in [0.3, 0.4) is 0 Å². The minimum absolute atomic E-state index is 0.298. The molecular formula is C8H12N2OS2. The van der Waals surface area contributed by atoms with Crippen LogP contribution in [0.4, 0.5) is 0 Å². The third-order valence-electron chi connectivity index (χ3n) is 1.23. The Bertz CT molecular complexity index is 311. The zero-order valence-electron chi connectivity index (χ0n) is 7.85. The Morgan fingerprint density at radius 1 is 1.62 bits per heavy atom. The molecule has 0 aromatic carbocycles. The Morgan fingerprint density at radius 3 is 2.77 bits per heavy atom. The van der Waals surface area contributed by atoms with Crippen molar-refractivity contribution in [2.75, 3.05) is 0 Å². The summed E-state index contributed by atoms with van der Waals surface area (Å²) in [7, 11) is -1.19. The maximum atomic E-state index is 11.4. The summed E-state index contributed by atoms with van der Waals surface area (Å²) < 4.78 is 15.1. The Labute approximate surface area is 84.5 Å². The molecule has 72 valence electrons. The van der Waals surface area contributed by atoms with Crippen molar-refractivity contribution in [3.8, 4) is 0 Å². The van der Waals surface area contributed by atoms with Crippen molar-refractivity contribution in [2.24, 2.45) is 4.40 Å². The van der Waals surface area contributed by atoms with E-state index in [0.717, 1.165) is 5.01 Å². The molecule has 0 saturated carbocycles. The van der Waals surface area contributed by atoms with E-state index in [-0.39, 0.29) is 4.75 Å². The van der Waals surface area contributed by atoms with Gasteiger partial charge in [0.2, 0.25) is 0 Å². The van der Waals surface area contributed by atoms with E-state index in [2.05, 4.69) is 9.38 Å². The lowest BCUT2D eigenvalue weighted by Gasteiger charge is -2.12. The van der Waals surface area contributed by atoms with E-state index in [1.165, 1.54) is 11.3 Å². The smallest absolute Gasteiger partial charge is 0.144 e. The number of thiazole rings is 1. The molecule has 13 heavy (non-hydrogen) atoms. The van der Waals surface area contributed by atoms with Gasteiger partial charge in [-0.2, -0.15) is 4.40 Å². The second-order valence-corrected chi connectivity index (χ2v) is 6.33. The van der Waals surface area contributed by atoms with E-state index in [1.54, 1.807) is 12.4 Å². The van der Waals surface area contributed by atoms with Gasteiger partial charge >= 0.3 is 0 Å². The molecular weight excluding hydrogens is 204 g/mol. The molecule has 1 rings (SSSR count). The van der Waals surface area contributed by atoms with Crippen LogP contribution in [0.5, 0.6) is 0 Å². The summed E-state index contributed by atoms with van der Waals surface area (Å²) in [6.45, 7) is 5.67. The largest absolute Gasteiger partial charge is 0.244 e. The first-order valence-corrected chi connectivity index (χ1v) is 5.84. The average molecular weight is 216 g/mol. The van der Waals surface area contributed by atoms with Crippen molar-refractivity contribution in [1.29, 1.82) is 0 Å². The fourth-order valence-corrected chi connectivity index (χ4v) is 1.62. The predicted molar refractivity (Wildman–Crippen MR) is 57.6 cm³/mol. The summed E-state index contributed by atoms with van der Waals surface area (Å²) in [6.07, 6.45) is 3.26. The highest BCUT2D eigenvalue weighted by Gasteiger charge is 2.18. The Morgan fingerprint density at radius 2 is 2.31 bits per heavy atom. The van der Waals surface area contributed by atoms with Gasteiger partial charge in [-0.25, -0.2) is 9.19 Å². The molecule has 1 aromatic rings. The molecule has 1 aromatic heterocycles. The molecule has 0 fully saturated rings. The quantitative estimate of drug-likeness (QED) is 0.710. The fraction of sp³-hybridized carbons (Fsp3) is 0.500. The second kappa shape index (κ2) is 4.11. The van der Waals surface area contributed by atoms with Crippen molar-refractivity contribution in [3.63, 3.8) is 0 Å². The lowest BCUT2D eigenvalue weighted by atomic mass is 10.3. The molecule has 0 bridgehead atoms. The van der Waals surface area contributed by atoms with E-state index in [9.17, 15) is 4.21 Å². The number of aromatic nitrogens is 1. The zero-order valence-corrected chi connectivity index (χ0v) is 9.48. The first-order chi connectivity index (χ1) is 6.00. The summed E-state index contributed by atoms with van der Waals surface area (Å²) in [5, 5.41) is 2.65. The lowest BCUT2D eigenvalue weighted by Crippen LogP contribution is -2.19. The molecule has 0 amide bonds. The molecule has 0 aliphatic heterocycles. The monoisotopic (exact) mass is 216 g/mol. The summed E-state index contributed by atoms with van der Waals surface area (Å²) >= 11 is 1.48. The van der Waals surface area contributed by atoms with Gasteiger partial charge in [-0.05, 0) is 20.8 Å². The predicted octanol–water partition coefficient (Wildman–Crippen LogP) is 2.02. The van der Waals surface area contributed by atoms with Gasteiger partial charge in [-0.1, -0.05) is 0 Å². The number of hydrogen-bond acceptors (Lipinski definition) is 3. The number of rotatable bonds is 2. The molecule has 1 heterocycles. The van der Waals surface area contributed by atoms with Gasteiger partial charge in [-0.3, -0.25) is 0 Å². The highest BCUT2D eigenvalue weighted by molar-refractivity contribution is 7.85. The van der Waals surface area contributed by atoms with Crippen LogP contribution >= 0.6 is 11.3 Å². The molecule has 0 saturated heterocycles. The summed E-state index contributed by atoms with van der Waals surface area (Å²) in [5.74, 6) is 0. The zero-order chi connectivity index (χ0) is 9.90. The molecule has 0 N–H and O–H groups in total. The Balaban J connectivity index is 2.65. The minimum Gasteiger partial charge on any atom is -0.244 e. The molecule has 0 unspecified atom stereocenters. The molecule has 3 nitrogen and oxygen atoms in total. The third-order valence-corrected chi connectivity index (χ3v) is 3.29. The second-order valence-electron chi connectivity index (χ2n) is 3.47. The van der Waals surface area contributed by atoms with Crippen LogP contribution in [0, 0.1) is 0 Å². The fourth-order valence-electron chi connectivity index (χ4n) is 0.549. The molecule has 0 radical (unpaired) electrons. The molecule has 5 heteroatoms. The average Bonchev–Trinajstić information content (AvgIpc) is 2.50. The van der Waals surface area contributed by atoms with Crippen LogP contribution in [0.2, 0.25) is 0 Å². The van der Waals surface area contributed by atoms with Crippen LogP contribution < -0.4 is 0 Å². The minimum atomic E-state index is -1.19. The normalized spacial score (nSPS) is 15.0. The van der Waals surface area contributed by atoms with Crippen LogP contribution in [-0.2, 0) is 11.0 Å². The van der Waals surface area contributed by atoms with Gasteiger partial charge in [0.25, 0.3) is 0 Å². The SMILES string of the molecule is CC(C)(C)[S@@](=O)/N=C/c1nccs1. The van der Waals surface area contributed by atoms with Gasteiger partial charge in [0, 0.05) is 11.6 Å². The van der Waals surface area contributed by atoms with Crippen molar-refractivity contribution in [3.05, 3.63) is 16.6 Å². The maximum Gasteiger partial charge on any atom is 0.144 e. The van der Waals surface area contributed by atoms with Gasteiger partial charge in [-0.15, -0.1) is 11.3 Å². The lowest BCUT2D eigenvalue weighted by molar-refractivity contribution is 0.651. The first-order valence-electron chi connectivity index (χ1n) is 3.86. The number of hydrogen-bond donors (Lipinski definition) is 0. The van der Waals surface area contributed by atoms with E-state index >= 15 is 0 Å².